The van der Waals surface area contributed by atoms with E-state index in [2.05, 4.69) is 10.3 Å². The molecule has 0 saturated heterocycles. The number of aryl methyl sites for hydroxylation is 1. The van der Waals surface area contributed by atoms with Gasteiger partial charge in [-0.1, -0.05) is 60.7 Å². The molecule has 0 spiro atoms. The number of thioether (sulfide) groups is 1. The van der Waals surface area contributed by atoms with Crippen LogP contribution in [0.25, 0.3) is 0 Å². The highest BCUT2D eigenvalue weighted by Crippen LogP contribution is 2.26. The number of aromatic carboxylic acids is 1. The van der Waals surface area contributed by atoms with Crippen molar-refractivity contribution in [3.05, 3.63) is 89.6 Å². The summed E-state index contributed by atoms with van der Waals surface area (Å²) < 4.78 is 5.11. The van der Waals surface area contributed by atoms with Crippen LogP contribution in [0.15, 0.2) is 71.5 Å². The van der Waals surface area contributed by atoms with Crippen LogP contribution >= 0.6 is 11.8 Å². The van der Waals surface area contributed by atoms with Crippen LogP contribution in [0.2, 0.25) is 0 Å². The van der Waals surface area contributed by atoms with Gasteiger partial charge < -0.3 is 19.9 Å². The Bertz CT molecular complexity index is 1090. The third-order valence-electron chi connectivity index (χ3n) is 5.19. The SMILES string of the molecule is O=C(O)c1ncoc1CCNC(=O)[C@H](Cc1ccccc1)S[C@@H](CCc1ccccc1)C(=O)O. The minimum Gasteiger partial charge on any atom is -0.480 e. The largest absolute Gasteiger partial charge is 0.480 e. The molecule has 178 valence electrons. The highest BCUT2D eigenvalue weighted by Gasteiger charge is 2.28. The van der Waals surface area contributed by atoms with Crippen molar-refractivity contribution in [3.8, 4) is 0 Å². The minimum absolute atomic E-state index is 0.141. The number of hydrogen-bond acceptors (Lipinski definition) is 6. The smallest absolute Gasteiger partial charge is 0.358 e. The van der Waals surface area contributed by atoms with Gasteiger partial charge in [-0.2, -0.15) is 0 Å². The van der Waals surface area contributed by atoms with Crippen LogP contribution in [0.5, 0.6) is 0 Å². The zero-order valence-electron chi connectivity index (χ0n) is 18.4. The summed E-state index contributed by atoms with van der Waals surface area (Å²) in [5.41, 5.74) is 1.78. The first-order chi connectivity index (χ1) is 16.4. The van der Waals surface area contributed by atoms with Crippen molar-refractivity contribution < 1.29 is 29.0 Å². The van der Waals surface area contributed by atoms with E-state index >= 15 is 0 Å². The number of nitrogens with one attached hydrogen (secondary N) is 1. The van der Waals surface area contributed by atoms with Gasteiger partial charge in [0.2, 0.25) is 5.91 Å². The molecular formula is C25H26N2O6S. The summed E-state index contributed by atoms with van der Waals surface area (Å²) in [6.45, 7) is 0.141. The lowest BCUT2D eigenvalue weighted by molar-refractivity contribution is -0.136. The molecule has 3 N–H and O–H groups in total. The normalized spacial score (nSPS) is 12.6. The molecule has 0 fully saturated rings. The Morgan fingerprint density at radius 1 is 0.912 bits per heavy atom. The zero-order chi connectivity index (χ0) is 24.3. The van der Waals surface area contributed by atoms with Crippen LogP contribution < -0.4 is 5.32 Å². The van der Waals surface area contributed by atoms with Crippen molar-refractivity contribution in [3.63, 3.8) is 0 Å². The zero-order valence-corrected chi connectivity index (χ0v) is 19.2. The predicted octanol–water partition coefficient (Wildman–Crippen LogP) is 3.46. The fourth-order valence-electron chi connectivity index (χ4n) is 3.46. The van der Waals surface area contributed by atoms with Crippen LogP contribution in [0.1, 0.15) is 33.8 Å². The molecule has 0 radical (unpaired) electrons. The molecule has 0 aliphatic carbocycles. The third kappa shape index (κ3) is 7.48. The maximum atomic E-state index is 13.0. The number of rotatable bonds is 13. The highest BCUT2D eigenvalue weighted by atomic mass is 32.2. The number of carboxylic acids is 2. The minimum atomic E-state index is -1.20. The molecule has 8 nitrogen and oxygen atoms in total. The van der Waals surface area contributed by atoms with E-state index in [1.807, 2.05) is 60.7 Å². The number of oxazole rings is 1. The quantitative estimate of drug-likeness (QED) is 0.338. The number of aliphatic carboxylic acids is 1. The molecule has 2 atom stereocenters. The van der Waals surface area contributed by atoms with Gasteiger partial charge in [0.15, 0.2) is 12.1 Å². The Morgan fingerprint density at radius 2 is 1.56 bits per heavy atom. The van der Waals surface area contributed by atoms with E-state index in [9.17, 15) is 19.5 Å². The molecule has 0 aliphatic heterocycles. The van der Waals surface area contributed by atoms with Crippen molar-refractivity contribution in [1.82, 2.24) is 10.3 Å². The van der Waals surface area contributed by atoms with Gasteiger partial charge in [-0.05, 0) is 30.4 Å². The lowest BCUT2D eigenvalue weighted by Crippen LogP contribution is -2.37. The Hall–Kier alpha value is -3.59. The van der Waals surface area contributed by atoms with Gasteiger partial charge in [0.1, 0.15) is 11.0 Å². The van der Waals surface area contributed by atoms with Crippen LogP contribution in [0, 0.1) is 0 Å². The van der Waals surface area contributed by atoms with Gasteiger partial charge in [-0.25, -0.2) is 9.78 Å². The average molecular weight is 483 g/mol. The maximum absolute atomic E-state index is 13.0. The van der Waals surface area contributed by atoms with Crippen molar-refractivity contribution in [2.45, 2.75) is 36.2 Å². The maximum Gasteiger partial charge on any atom is 0.358 e. The molecule has 1 amide bonds. The number of nitrogens with zero attached hydrogens (tertiary/aromatic N) is 1. The monoisotopic (exact) mass is 482 g/mol. The van der Waals surface area contributed by atoms with E-state index in [1.54, 1.807) is 0 Å². The van der Waals surface area contributed by atoms with Crippen LogP contribution in [0.4, 0.5) is 0 Å². The molecule has 2 aromatic carbocycles. The molecule has 1 aromatic heterocycles. The number of carbonyl (C=O) groups is 3. The summed E-state index contributed by atoms with van der Waals surface area (Å²) in [4.78, 5) is 39.8. The third-order valence-corrected chi connectivity index (χ3v) is 6.67. The molecule has 3 aromatic rings. The van der Waals surface area contributed by atoms with Gasteiger partial charge >= 0.3 is 11.9 Å². The van der Waals surface area contributed by atoms with Gasteiger partial charge in [-0.15, -0.1) is 11.8 Å². The van der Waals surface area contributed by atoms with E-state index in [4.69, 9.17) is 9.52 Å². The van der Waals surface area contributed by atoms with Crippen molar-refractivity contribution in [2.75, 3.05) is 6.54 Å². The number of carboxylic acid groups (broad SMARTS) is 2. The topological polar surface area (TPSA) is 130 Å². The second-order valence-corrected chi connectivity index (χ2v) is 9.05. The lowest BCUT2D eigenvalue weighted by atomic mass is 10.1. The second kappa shape index (κ2) is 12.6. The Morgan fingerprint density at radius 3 is 2.18 bits per heavy atom. The summed E-state index contributed by atoms with van der Waals surface area (Å²) in [5.74, 6) is -2.29. The Labute approximate surface area is 201 Å². The standard InChI is InChI=1S/C25H26N2O6S/c28-23(26-14-13-19-22(25(31)32)27-16-33-19)21(15-18-9-5-2-6-10-18)34-20(24(29)30)12-11-17-7-3-1-4-8-17/h1-10,16,20-21H,11-15H2,(H,26,28)(H,29,30)(H,31,32)/t20-,21-/m0/s1. The van der Waals surface area contributed by atoms with Crippen molar-refractivity contribution in [1.29, 1.82) is 0 Å². The Balaban J connectivity index is 1.66. The average Bonchev–Trinajstić information content (AvgIpc) is 3.31. The number of amides is 1. The number of benzene rings is 2. The van der Waals surface area contributed by atoms with Gasteiger partial charge in [0.05, 0.1) is 5.25 Å². The van der Waals surface area contributed by atoms with Crippen molar-refractivity contribution >= 4 is 29.6 Å². The van der Waals surface area contributed by atoms with Gasteiger partial charge in [-0.3, -0.25) is 9.59 Å². The Kier molecular flexibility index (Phi) is 9.28. The first kappa shape index (κ1) is 25.0. The lowest BCUT2D eigenvalue weighted by Gasteiger charge is -2.21. The first-order valence-corrected chi connectivity index (χ1v) is 11.8. The number of aromatic nitrogens is 1. The summed E-state index contributed by atoms with van der Waals surface area (Å²) in [6.07, 6.45) is 2.57. The van der Waals surface area contributed by atoms with Gasteiger partial charge in [0.25, 0.3) is 0 Å². The molecule has 0 saturated carbocycles. The van der Waals surface area contributed by atoms with Crippen molar-refractivity contribution in [2.24, 2.45) is 0 Å². The predicted molar refractivity (Wildman–Crippen MR) is 128 cm³/mol. The van der Waals surface area contributed by atoms with E-state index in [-0.39, 0.29) is 30.3 Å². The van der Waals surface area contributed by atoms with E-state index < -0.39 is 22.4 Å². The van der Waals surface area contributed by atoms with Gasteiger partial charge in [0, 0.05) is 13.0 Å². The van der Waals surface area contributed by atoms with Crippen LogP contribution in [-0.2, 0) is 28.9 Å². The summed E-state index contributed by atoms with van der Waals surface area (Å²) >= 11 is 1.13. The first-order valence-electron chi connectivity index (χ1n) is 10.8. The van der Waals surface area contributed by atoms with E-state index in [1.165, 1.54) is 0 Å². The molecule has 1 heterocycles. The molecule has 0 aliphatic rings. The molecule has 3 rings (SSSR count). The number of carbonyl (C=O) groups excluding carboxylic acids is 1. The molecule has 0 unspecified atom stereocenters. The molecular weight excluding hydrogens is 456 g/mol. The highest BCUT2D eigenvalue weighted by molar-refractivity contribution is 8.01. The summed E-state index contributed by atoms with van der Waals surface area (Å²) in [5, 5.41) is 20.3. The second-order valence-electron chi connectivity index (χ2n) is 7.64. The molecule has 0 bridgehead atoms. The summed E-state index contributed by atoms with van der Waals surface area (Å²) in [6, 6.07) is 19.0. The number of hydrogen-bond donors (Lipinski definition) is 3. The van der Waals surface area contributed by atoms with E-state index in [0.29, 0.717) is 19.3 Å². The fourth-order valence-corrected chi connectivity index (χ4v) is 4.72. The van der Waals surface area contributed by atoms with Crippen LogP contribution in [-0.4, -0.2) is 50.1 Å². The summed E-state index contributed by atoms with van der Waals surface area (Å²) in [7, 11) is 0. The molecule has 34 heavy (non-hydrogen) atoms. The van der Waals surface area contributed by atoms with E-state index in [0.717, 1.165) is 29.3 Å². The molecule has 9 heteroatoms. The fraction of sp³-hybridized carbons (Fsp3) is 0.280. The van der Waals surface area contributed by atoms with Crippen LogP contribution in [0.3, 0.4) is 0 Å².